The standard InChI is InChI=1S/C26H33FN4O4S/c1-5-7-12-35-15-19(6-2)31-14-20(23(32)24(33)22(31)25(34)28-16(3)4)26-30-29-21(36-26)13-17-8-10-18(27)11-9-17/h8-11,14,16,19,33H,5-7,12-13,15H2,1-4H3,(H,28,34)/t19-/m1/s1. The third kappa shape index (κ3) is 6.76. The first-order chi connectivity index (χ1) is 17.2. The third-order valence-electron chi connectivity index (χ3n) is 5.63. The Morgan fingerprint density at radius 2 is 1.94 bits per heavy atom. The molecule has 0 saturated carbocycles. The number of pyridine rings is 1. The van der Waals surface area contributed by atoms with Crippen molar-refractivity contribution in [2.24, 2.45) is 0 Å². The highest BCUT2D eigenvalue weighted by Gasteiger charge is 2.27. The van der Waals surface area contributed by atoms with E-state index in [1.165, 1.54) is 23.5 Å². The molecule has 2 N–H and O–H groups in total. The Morgan fingerprint density at radius 3 is 2.58 bits per heavy atom. The molecule has 0 unspecified atom stereocenters. The van der Waals surface area contributed by atoms with E-state index in [-0.39, 0.29) is 29.2 Å². The summed E-state index contributed by atoms with van der Waals surface area (Å²) in [7, 11) is 0. The van der Waals surface area contributed by atoms with Gasteiger partial charge >= 0.3 is 0 Å². The summed E-state index contributed by atoms with van der Waals surface area (Å²) < 4.78 is 20.7. The molecule has 36 heavy (non-hydrogen) atoms. The molecule has 0 aliphatic rings. The van der Waals surface area contributed by atoms with Gasteiger partial charge in [-0.25, -0.2) is 4.39 Å². The van der Waals surface area contributed by atoms with Crippen LogP contribution < -0.4 is 10.7 Å². The first-order valence-corrected chi connectivity index (χ1v) is 13.0. The van der Waals surface area contributed by atoms with Gasteiger partial charge in [-0.3, -0.25) is 9.59 Å². The first-order valence-electron chi connectivity index (χ1n) is 12.2. The summed E-state index contributed by atoms with van der Waals surface area (Å²) in [5.74, 6) is -1.49. The van der Waals surface area contributed by atoms with Crippen molar-refractivity contribution >= 4 is 17.2 Å². The van der Waals surface area contributed by atoms with Gasteiger partial charge in [0.05, 0.1) is 18.2 Å². The molecule has 1 atom stereocenters. The number of nitrogens with one attached hydrogen (secondary N) is 1. The summed E-state index contributed by atoms with van der Waals surface area (Å²) >= 11 is 1.21. The van der Waals surface area contributed by atoms with Crippen molar-refractivity contribution in [2.45, 2.75) is 65.5 Å². The monoisotopic (exact) mass is 516 g/mol. The highest BCUT2D eigenvalue weighted by Crippen LogP contribution is 2.28. The molecule has 10 heteroatoms. The van der Waals surface area contributed by atoms with E-state index < -0.39 is 17.1 Å². The van der Waals surface area contributed by atoms with Crippen molar-refractivity contribution in [1.29, 1.82) is 0 Å². The van der Waals surface area contributed by atoms with Gasteiger partial charge in [-0.15, -0.1) is 10.2 Å². The number of hydrogen-bond donors (Lipinski definition) is 2. The number of ether oxygens (including phenoxy) is 1. The number of aromatic nitrogens is 3. The maximum Gasteiger partial charge on any atom is 0.272 e. The lowest BCUT2D eigenvalue weighted by Crippen LogP contribution is -2.35. The number of nitrogens with zero attached hydrogens (tertiary/aromatic N) is 3. The Labute approximate surface area is 214 Å². The fourth-order valence-corrected chi connectivity index (χ4v) is 4.57. The van der Waals surface area contributed by atoms with Crippen molar-refractivity contribution in [3.8, 4) is 16.3 Å². The lowest BCUT2D eigenvalue weighted by Gasteiger charge is -2.24. The van der Waals surface area contributed by atoms with Crippen molar-refractivity contribution in [3.05, 3.63) is 62.8 Å². The van der Waals surface area contributed by atoms with Crippen LogP contribution in [0.5, 0.6) is 5.75 Å². The summed E-state index contributed by atoms with van der Waals surface area (Å²) in [5, 5.41) is 23.0. The van der Waals surface area contributed by atoms with Crippen LogP contribution in [0.1, 0.15) is 74.1 Å². The van der Waals surface area contributed by atoms with Crippen LogP contribution in [-0.2, 0) is 11.2 Å². The van der Waals surface area contributed by atoms with Crippen LogP contribution in [0.15, 0.2) is 35.3 Å². The highest BCUT2D eigenvalue weighted by molar-refractivity contribution is 7.14. The number of carbonyl (C=O) groups excluding carboxylic acids is 1. The molecule has 0 saturated heterocycles. The zero-order valence-corrected chi connectivity index (χ0v) is 21.9. The molecule has 1 amide bonds. The Bertz CT molecular complexity index is 1220. The lowest BCUT2D eigenvalue weighted by atomic mass is 10.1. The number of hydrogen-bond acceptors (Lipinski definition) is 7. The number of carbonyl (C=O) groups is 1. The van der Waals surface area contributed by atoms with Gasteiger partial charge in [0.2, 0.25) is 5.43 Å². The molecule has 1 aromatic carbocycles. The van der Waals surface area contributed by atoms with E-state index in [2.05, 4.69) is 22.4 Å². The minimum Gasteiger partial charge on any atom is -0.503 e. The molecule has 3 rings (SSSR count). The molecule has 2 heterocycles. The summed E-state index contributed by atoms with van der Waals surface area (Å²) in [6.07, 6.45) is 4.52. The SMILES string of the molecule is CCCCOC[C@@H](CC)n1cc(-c2nnc(Cc3ccc(F)cc3)s2)c(=O)c(O)c1C(=O)NC(C)C. The second-order valence-electron chi connectivity index (χ2n) is 8.90. The molecule has 0 aliphatic carbocycles. The number of unbranched alkanes of at least 4 members (excludes halogenated alkanes) is 1. The number of amides is 1. The molecule has 0 bridgehead atoms. The molecule has 0 radical (unpaired) electrons. The van der Waals surface area contributed by atoms with Gasteiger partial charge in [-0.2, -0.15) is 0 Å². The van der Waals surface area contributed by atoms with Crippen LogP contribution in [0.2, 0.25) is 0 Å². The summed E-state index contributed by atoms with van der Waals surface area (Å²) in [6, 6.07) is 5.62. The zero-order valence-electron chi connectivity index (χ0n) is 21.1. The van der Waals surface area contributed by atoms with Crippen LogP contribution in [0.25, 0.3) is 10.6 Å². The van der Waals surface area contributed by atoms with Crippen molar-refractivity contribution in [1.82, 2.24) is 20.1 Å². The van der Waals surface area contributed by atoms with Crippen LogP contribution in [0.3, 0.4) is 0 Å². The van der Waals surface area contributed by atoms with E-state index in [1.54, 1.807) is 36.7 Å². The second kappa shape index (κ2) is 12.7. The summed E-state index contributed by atoms with van der Waals surface area (Å²) in [6.45, 7) is 8.56. The average molecular weight is 517 g/mol. The normalized spacial score (nSPS) is 12.2. The second-order valence-corrected chi connectivity index (χ2v) is 9.96. The molecular weight excluding hydrogens is 483 g/mol. The smallest absolute Gasteiger partial charge is 0.272 e. The van der Waals surface area contributed by atoms with Gasteiger partial charge in [0.25, 0.3) is 5.91 Å². The number of aromatic hydroxyl groups is 1. The fraction of sp³-hybridized carbons (Fsp3) is 0.462. The van der Waals surface area contributed by atoms with E-state index in [1.807, 2.05) is 6.92 Å². The van der Waals surface area contributed by atoms with Gasteiger partial charge in [0, 0.05) is 25.3 Å². The minimum absolute atomic E-state index is 0.0977. The van der Waals surface area contributed by atoms with Gasteiger partial charge in [0.1, 0.15) is 10.8 Å². The van der Waals surface area contributed by atoms with Gasteiger partial charge < -0.3 is 19.7 Å². The van der Waals surface area contributed by atoms with Gasteiger partial charge in [0.15, 0.2) is 16.5 Å². The topological polar surface area (TPSA) is 106 Å². The van der Waals surface area contributed by atoms with E-state index in [9.17, 15) is 19.1 Å². The summed E-state index contributed by atoms with van der Waals surface area (Å²) in [4.78, 5) is 26.2. The highest BCUT2D eigenvalue weighted by atomic mass is 32.1. The molecule has 2 aromatic heterocycles. The van der Waals surface area contributed by atoms with Crippen molar-refractivity contribution < 1.29 is 19.0 Å². The van der Waals surface area contributed by atoms with Crippen LogP contribution in [0, 0.1) is 5.82 Å². The van der Waals surface area contributed by atoms with Gasteiger partial charge in [-0.05, 0) is 44.4 Å². The van der Waals surface area contributed by atoms with Crippen LogP contribution in [-0.4, -0.2) is 45.0 Å². The first kappa shape index (κ1) is 27.5. The number of halogens is 1. The number of benzene rings is 1. The Hall–Kier alpha value is -3.11. The molecule has 194 valence electrons. The van der Waals surface area contributed by atoms with Crippen molar-refractivity contribution in [2.75, 3.05) is 13.2 Å². The van der Waals surface area contributed by atoms with Crippen molar-refractivity contribution in [3.63, 3.8) is 0 Å². The minimum atomic E-state index is -0.689. The van der Waals surface area contributed by atoms with Crippen LogP contribution >= 0.6 is 11.3 Å². The van der Waals surface area contributed by atoms with E-state index in [4.69, 9.17) is 4.74 Å². The third-order valence-corrected chi connectivity index (χ3v) is 6.58. The zero-order chi connectivity index (χ0) is 26.2. The molecular formula is C26H33FN4O4S. The quantitative estimate of drug-likeness (QED) is 0.338. The molecule has 0 fully saturated rings. The summed E-state index contributed by atoms with van der Waals surface area (Å²) in [5.41, 5.74) is 0.227. The lowest BCUT2D eigenvalue weighted by molar-refractivity contribution is 0.0876. The van der Waals surface area contributed by atoms with E-state index in [0.717, 1.165) is 18.4 Å². The van der Waals surface area contributed by atoms with E-state index >= 15 is 0 Å². The van der Waals surface area contributed by atoms with Gasteiger partial charge in [-0.1, -0.05) is 43.7 Å². The maximum atomic E-state index is 13.2. The Balaban J connectivity index is 2.02. The van der Waals surface area contributed by atoms with E-state index in [0.29, 0.717) is 36.1 Å². The predicted molar refractivity (Wildman–Crippen MR) is 138 cm³/mol. The maximum absolute atomic E-state index is 13.2. The largest absolute Gasteiger partial charge is 0.503 e. The van der Waals surface area contributed by atoms with Crippen LogP contribution in [0.4, 0.5) is 4.39 Å². The molecule has 8 nitrogen and oxygen atoms in total. The predicted octanol–water partition coefficient (Wildman–Crippen LogP) is 4.71. The molecule has 0 aliphatic heterocycles. The molecule has 3 aromatic rings. The fourth-order valence-electron chi connectivity index (χ4n) is 3.69. The average Bonchev–Trinajstić information content (AvgIpc) is 3.30. The molecule has 0 spiro atoms. The number of rotatable bonds is 12. The Morgan fingerprint density at radius 1 is 1.22 bits per heavy atom. The Kier molecular flexibility index (Phi) is 9.72.